The first-order chi connectivity index (χ1) is 13.0. The lowest BCUT2D eigenvalue weighted by Crippen LogP contribution is -2.49. The summed E-state index contributed by atoms with van der Waals surface area (Å²) in [6.07, 6.45) is 0. The van der Waals surface area contributed by atoms with Crippen molar-refractivity contribution in [3.8, 4) is 0 Å². The van der Waals surface area contributed by atoms with Gasteiger partial charge in [0.25, 0.3) is 5.91 Å². The summed E-state index contributed by atoms with van der Waals surface area (Å²) >= 11 is 0. The molecule has 7 nitrogen and oxygen atoms in total. The van der Waals surface area contributed by atoms with Crippen molar-refractivity contribution < 1.29 is 18.0 Å². The molecule has 156 valence electrons. The quantitative estimate of drug-likeness (QED) is 0.720. The van der Waals surface area contributed by atoms with Crippen molar-refractivity contribution in [2.75, 3.05) is 32.7 Å². The Kier molecular flexibility index (Phi) is 7.22. The lowest BCUT2D eigenvalue weighted by molar-refractivity contribution is -0.129. The molecule has 0 atom stereocenters. The fourth-order valence-electron chi connectivity index (χ4n) is 3.27. The van der Waals surface area contributed by atoms with Gasteiger partial charge < -0.3 is 9.80 Å². The fourth-order valence-corrected chi connectivity index (χ4v) is 4.74. The van der Waals surface area contributed by atoms with Crippen LogP contribution in [0.1, 0.15) is 45.0 Å². The molecule has 1 saturated heterocycles. The van der Waals surface area contributed by atoms with Crippen LogP contribution in [0.25, 0.3) is 0 Å². The molecule has 1 heterocycles. The van der Waals surface area contributed by atoms with Crippen LogP contribution >= 0.6 is 0 Å². The maximum atomic E-state index is 13.0. The van der Waals surface area contributed by atoms with E-state index in [9.17, 15) is 18.0 Å². The third-order valence-electron chi connectivity index (χ3n) is 4.85. The van der Waals surface area contributed by atoms with E-state index in [2.05, 4.69) is 0 Å². The number of amides is 2. The minimum Gasteiger partial charge on any atom is -0.340 e. The molecule has 1 aliphatic rings. The molecule has 0 aliphatic carbocycles. The molecule has 2 rings (SSSR count). The standard InChI is InChI=1S/C20H31N3O4S/c1-15(2)14-23(16(3)4)20(25)18-7-6-8-19(13-18)28(26,27)22-11-9-21(10-12-22)17(5)24/h6-8,13,15-16H,9-12,14H2,1-5H3. The Morgan fingerprint density at radius 3 is 2.18 bits per heavy atom. The molecule has 0 N–H and O–H groups in total. The summed E-state index contributed by atoms with van der Waals surface area (Å²) in [5, 5.41) is 0. The summed E-state index contributed by atoms with van der Waals surface area (Å²) in [5.74, 6) is 0.0987. The first-order valence-corrected chi connectivity index (χ1v) is 11.1. The molecule has 28 heavy (non-hydrogen) atoms. The van der Waals surface area contributed by atoms with Crippen LogP contribution in [-0.4, -0.2) is 73.1 Å². The third-order valence-corrected chi connectivity index (χ3v) is 6.74. The van der Waals surface area contributed by atoms with E-state index in [0.29, 0.717) is 31.1 Å². The Balaban J connectivity index is 2.24. The van der Waals surface area contributed by atoms with Crippen LogP contribution in [-0.2, 0) is 14.8 Å². The van der Waals surface area contributed by atoms with E-state index < -0.39 is 10.0 Å². The minimum atomic E-state index is -3.71. The van der Waals surface area contributed by atoms with Gasteiger partial charge in [0, 0.05) is 51.3 Å². The monoisotopic (exact) mass is 409 g/mol. The molecule has 1 aromatic rings. The van der Waals surface area contributed by atoms with E-state index in [1.807, 2.05) is 27.7 Å². The average Bonchev–Trinajstić information content (AvgIpc) is 2.65. The van der Waals surface area contributed by atoms with E-state index in [0.717, 1.165) is 0 Å². The number of hydrogen-bond acceptors (Lipinski definition) is 4. The molecular formula is C20H31N3O4S. The topological polar surface area (TPSA) is 78.0 Å². The molecule has 8 heteroatoms. The van der Waals surface area contributed by atoms with Gasteiger partial charge in [0.15, 0.2) is 0 Å². The maximum Gasteiger partial charge on any atom is 0.254 e. The van der Waals surface area contributed by atoms with Crippen LogP contribution in [0.5, 0.6) is 0 Å². The van der Waals surface area contributed by atoms with Crippen molar-refractivity contribution in [1.29, 1.82) is 0 Å². The first kappa shape index (κ1) is 22.4. The van der Waals surface area contributed by atoms with Gasteiger partial charge >= 0.3 is 0 Å². The highest BCUT2D eigenvalue weighted by Crippen LogP contribution is 2.20. The highest BCUT2D eigenvalue weighted by atomic mass is 32.2. The van der Waals surface area contributed by atoms with E-state index in [-0.39, 0.29) is 35.8 Å². The summed E-state index contributed by atoms with van der Waals surface area (Å²) in [6.45, 7) is 11.4. The van der Waals surface area contributed by atoms with Crippen LogP contribution in [0.15, 0.2) is 29.2 Å². The maximum absolute atomic E-state index is 13.0. The lowest BCUT2D eigenvalue weighted by Gasteiger charge is -2.33. The Morgan fingerprint density at radius 2 is 1.68 bits per heavy atom. The molecule has 0 spiro atoms. The van der Waals surface area contributed by atoms with Gasteiger partial charge in [-0.25, -0.2) is 8.42 Å². The highest BCUT2D eigenvalue weighted by molar-refractivity contribution is 7.89. The van der Waals surface area contributed by atoms with Crippen molar-refractivity contribution >= 4 is 21.8 Å². The number of piperazine rings is 1. The van der Waals surface area contributed by atoms with Crippen molar-refractivity contribution in [3.63, 3.8) is 0 Å². The summed E-state index contributed by atoms with van der Waals surface area (Å²) in [6, 6.07) is 6.27. The van der Waals surface area contributed by atoms with Crippen molar-refractivity contribution in [1.82, 2.24) is 14.1 Å². The van der Waals surface area contributed by atoms with Gasteiger partial charge in [0.1, 0.15) is 0 Å². The van der Waals surface area contributed by atoms with Gasteiger partial charge in [0.2, 0.25) is 15.9 Å². The largest absolute Gasteiger partial charge is 0.340 e. The number of carbonyl (C=O) groups is 2. The van der Waals surface area contributed by atoms with Gasteiger partial charge in [-0.3, -0.25) is 9.59 Å². The summed E-state index contributed by atoms with van der Waals surface area (Å²) in [4.78, 5) is 27.9. The first-order valence-electron chi connectivity index (χ1n) is 9.70. The van der Waals surface area contributed by atoms with Gasteiger partial charge in [-0.15, -0.1) is 0 Å². The van der Waals surface area contributed by atoms with Crippen molar-refractivity contribution in [2.24, 2.45) is 5.92 Å². The Labute approximate surface area is 168 Å². The number of sulfonamides is 1. The number of nitrogens with zero attached hydrogens (tertiary/aromatic N) is 3. The Morgan fingerprint density at radius 1 is 1.07 bits per heavy atom. The van der Waals surface area contributed by atoms with Gasteiger partial charge in [-0.05, 0) is 38.0 Å². The zero-order chi connectivity index (χ0) is 21.1. The molecule has 0 saturated carbocycles. The van der Waals surface area contributed by atoms with E-state index in [1.165, 1.54) is 23.4 Å². The van der Waals surface area contributed by atoms with E-state index in [1.54, 1.807) is 21.9 Å². The van der Waals surface area contributed by atoms with Crippen LogP contribution < -0.4 is 0 Å². The van der Waals surface area contributed by atoms with Gasteiger partial charge in [-0.2, -0.15) is 4.31 Å². The smallest absolute Gasteiger partial charge is 0.254 e. The van der Waals surface area contributed by atoms with Gasteiger partial charge in [-0.1, -0.05) is 19.9 Å². The van der Waals surface area contributed by atoms with Crippen LogP contribution in [0.2, 0.25) is 0 Å². The SMILES string of the molecule is CC(=O)N1CCN(S(=O)(=O)c2cccc(C(=O)N(CC(C)C)C(C)C)c2)CC1. The predicted molar refractivity (Wildman–Crippen MR) is 108 cm³/mol. The molecule has 0 bridgehead atoms. The highest BCUT2D eigenvalue weighted by Gasteiger charge is 2.30. The Bertz CT molecular complexity index is 812. The molecule has 1 fully saturated rings. The van der Waals surface area contributed by atoms with Crippen molar-refractivity contribution in [2.45, 2.75) is 45.6 Å². The van der Waals surface area contributed by atoms with E-state index in [4.69, 9.17) is 0 Å². The lowest BCUT2D eigenvalue weighted by atomic mass is 10.1. The number of benzene rings is 1. The zero-order valence-electron chi connectivity index (χ0n) is 17.4. The van der Waals surface area contributed by atoms with Crippen LogP contribution in [0.3, 0.4) is 0 Å². The second-order valence-electron chi connectivity index (χ2n) is 7.88. The third kappa shape index (κ3) is 5.11. The average molecular weight is 410 g/mol. The number of carbonyl (C=O) groups excluding carboxylic acids is 2. The number of hydrogen-bond donors (Lipinski definition) is 0. The van der Waals surface area contributed by atoms with Crippen LogP contribution in [0.4, 0.5) is 0 Å². The van der Waals surface area contributed by atoms with Crippen LogP contribution in [0, 0.1) is 5.92 Å². The molecule has 0 radical (unpaired) electrons. The van der Waals surface area contributed by atoms with Crippen molar-refractivity contribution in [3.05, 3.63) is 29.8 Å². The summed E-state index contributed by atoms with van der Waals surface area (Å²) in [5.41, 5.74) is 0.373. The minimum absolute atomic E-state index is 0.0230. The summed E-state index contributed by atoms with van der Waals surface area (Å²) in [7, 11) is -3.71. The summed E-state index contributed by atoms with van der Waals surface area (Å²) < 4.78 is 27.4. The molecule has 0 unspecified atom stereocenters. The van der Waals surface area contributed by atoms with Gasteiger partial charge in [0.05, 0.1) is 4.90 Å². The second-order valence-corrected chi connectivity index (χ2v) is 9.82. The molecule has 1 aromatic carbocycles. The second kappa shape index (κ2) is 9.05. The normalized spacial score (nSPS) is 15.9. The molecular weight excluding hydrogens is 378 g/mol. The molecule has 0 aromatic heterocycles. The molecule has 2 amide bonds. The Hall–Kier alpha value is -1.93. The zero-order valence-corrected chi connectivity index (χ0v) is 18.2. The predicted octanol–water partition coefficient (Wildman–Crippen LogP) is 2.05. The molecule has 1 aliphatic heterocycles. The number of rotatable bonds is 6. The fraction of sp³-hybridized carbons (Fsp3) is 0.600. The van der Waals surface area contributed by atoms with E-state index >= 15 is 0 Å².